The third kappa shape index (κ3) is 4.81. The maximum absolute atomic E-state index is 5.23. The van der Waals surface area contributed by atoms with Crippen LogP contribution < -0.4 is 15.4 Å². The van der Waals surface area contributed by atoms with Gasteiger partial charge in [-0.25, -0.2) is 4.98 Å². The van der Waals surface area contributed by atoms with Crippen LogP contribution in [-0.2, 0) is 6.54 Å². The van der Waals surface area contributed by atoms with E-state index in [9.17, 15) is 0 Å². The quantitative estimate of drug-likeness (QED) is 0.471. The first-order chi connectivity index (χ1) is 9.33. The molecule has 0 atom stereocenters. The Morgan fingerprint density at radius 1 is 1.45 bits per heavy atom. The number of nitrogens with zero attached hydrogens (tertiary/aromatic N) is 2. The smallest absolute Gasteiger partial charge is 0.218 e. The van der Waals surface area contributed by atoms with Crippen molar-refractivity contribution in [2.24, 2.45) is 4.99 Å². The molecule has 1 fully saturated rings. The van der Waals surface area contributed by atoms with E-state index in [1.54, 1.807) is 20.4 Å². The summed E-state index contributed by atoms with van der Waals surface area (Å²) in [6.07, 6.45) is 6.82. The zero-order chi connectivity index (χ0) is 13.5. The molecule has 0 saturated heterocycles. The van der Waals surface area contributed by atoms with Crippen molar-refractivity contribution >= 4 is 29.9 Å². The van der Waals surface area contributed by atoms with Crippen LogP contribution in [0.15, 0.2) is 23.3 Å². The third-order valence-corrected chi connectivity index (χ3v) is 3.41. The minimum atomic E-state index is 0. The second kappa shape index (κ2) is 8.99. The van der Waals surface area contributed by atoms with Gasteiger partial charge < -0.3 is 15.4 Å². The predicted octanol–water partition coefficient (Wildman–Crippen LogP) is 2.32. The predicted molar refractivity (Wildman–Crippen MR) is 91.8 cm³/mol. The van der Waals surface area contributed by atoms with Gasteiger partial charge in [-0.05, 0) is 18.9 Å². The maximum Gasteiger partial charge on any atom is 0.218 e. The van der Waals surface area contributed by atoms with E-state index in [0.29, 0.717) is 18.5 Å². The van der Waals surface area contributed by atoms with Gasteiger partial charge in [0.25, 0.3) is 0 Å². The molecule has 0 bridgehead atoms. The summed E-state index contributed by atoms with van der Waals surface area (Å²) in [7, 11) is 3.43. The molecule has 0 radical (unpaired) electrons. The Labute approximate surface area is 137 Å². The first-order valence-corrected chi connectivity index (χ1v) is 6.78. The van der Waals surface area contributed by atoms with Crippen LogP contribution in [0.1, 0.15) is 31.2 Å². The molecule has 112 valence electrons. The number of hydrogen-bond donors (Lipinski definition) is 2. The van der Waals surface area contributed by atoms with Crippen molar-refractivity contribution in [2.45, 2.75) is 38.3 Å². The number of halogens is 1. The molecule has 1 heterocycles. The molecule has 5 nitrogen and oxygen atoms in total. The minimum absolute atomic E-state index is 0. The van der Waals surface area contributed by atoms with E-state index in [2.05, 4.69) is 20.6 Å². The van der Waals surface area contributed by atoms with Gasteiger partial charge in [-0.1, -0.05) is 18.9 Å². The Kier molecular flexibility index (Phi) is 7.64. The highest BCUT2D eigenvalue weighted by atomic mass is 127. The van der Waals surface area contributed by atoms with Gasteiger partial charge in [0.05, 0.1) is 7.11 Å². The van der Waals surface area contributed by atoms with Gasteiger partial charge in [0, 0.05) is 31.4 Å². The largest absolute Gasteiger partial charge is 0.481 e. The zero-order valence-corrected chi connectivity index (χ0v) is 14.4. The van der Waals surface area contributed by atoms with Gasteiger partial charge in [0.1, 0.15) is 0 Å². The highest BCUT2D eigenvalue weighted by molar-refractivity contribution is 14.0. The number of methoxy groups -OCH3 is 1. The molecular formula is C14H23IN4O. The van der Waals surface area contributed by atoms with E-state index in [0.717, 1.165) is 11.5 Å². The van der Waals surface area contributed by atoms with Crippen LogP contribution >= 0.6 is 24.0 Å². The number of pyridine rings is 1. The van der Waals surface area contributed by atoms with Crippen LogP contribution in [0.5, 0.6) is 5.88 Å². The Balaban J connectivity index is 0.00000200. The van der Waals surface area contributed by atoms with Crippen LogP contribution in [0.25, 0.3) is 0 Å². The Morgan fingerprint density at radius 2 is 2.20 bits per heavy atom. The summed E-state index contributed by atoms with van der Waals surface area (Å²) in [6, 6.07) is 4.47. The van der Waals surface area contributed by atoms with E-state index in [4.69, 9.17) is 4.74 Å². The van der Waals surface area contributed by atoms with Crippen LogP contribution in [0, 0.1) is 0 Å². The highest BCUT2D eigenvalue weighted by Crippen LogP contribution is 2.17. The number of aliphatic imine (C=N–C) groups is 1. The Bertz CT molecular complexity index is 433. The lowest BCUT2D eigenvalue weighted by molar-refractivity contribution is 0.392. The fourth-order valence-corrected chi connectivity index (χ4v) is 2.38. The monoisotopic (exact) mass is 390 g/mol. The fraction of sp³-hybridized carbons (Fsp3) is 0.571. The van der Waals surface area contributed by atoms with Gasteiger partial charge in [0.2, 0.25) is 5.88 Å². The summed E-state index contributed by atoms with van der Waals surface area (Å²) in [5.41, 5.74) is 1.03. The standard InChI is InChI=1S/C14H22N4O.HI/c1-15-14(18-12-7-3-4-8-12)17-10-11-6-5-9-16-13(11)19-2;/h5-6,9,12H,3-4,7-8,10H2,1-2H3,(H2,15,17,18);1H. The number of ether oxygens (including phenoxy) is 1. The maximum atomic E-state index is 5.23. The van der Waals surface area contributed by atoms with E-state index < -0.39 is 0 Å². The molecule has 2 N–H and O–H groups in total. The van der Waals surface area contributed by atoms with Gasteiger partial charge in [0.15, 0.2) is 5.96 Å². The molecule has 1 aromatic rings. The molecule has 6 heteroatoms. The van der Waals surface area contributed by atoms with Crippen molar-refractivity contribution in [2.75, 3.05) is 14.2 Å². The SMILES string of the molecule is CN=C(NCc1cccnc1OC)NC1CCCC1.I. The summed E-state index contributed by atoms with van der Waals surface area (Å²) in [6.45, 7) is 0.656. The van der Waals surface area contributed by atoms with Gasteiger partial charge >= 0.3 is 0 Å². The molecule has 2 rings (SSSR count). The molecule has 0 unspecified atom stereocenters. The van der Waals surface area contributed by atoms with Crippen LogP contribution in [-0.4, -0.2) is 31.1 Å². The molecule has 0 spiro atoms. The van der Waals surface area contributed by atoms with Crippen molar-refractivity contribution in [3.8, 4) is 5.88 Å². The molecular weight excluding hydrogens is 367 g/mol. The molecule has 0 aliphatic heterocycles. The number of rotatable bonds is 4. The first-order valence-electron chi connectivity index (χ1n) is 6.78. The molecule has 1 saturated carbocycles. The van der Waals surface area contributed by atoms with Crippen molar-refractivity contribution < 1.29 is 4.74 Å². The minimum Gasteiger partial charge on any atom is -0.481 e. The van der Waals surface area contributed by atoms with Crippen LogP contribution in [0.2, 0.25) is 0 Å². The lowest BCUT2D eigenvalue weighted by atomic mass is 10.2. The molecule has 0 aromatic carbocycles. The van der Waals surface area contributed by atoms with E-state index in [-0.39, 0.29) is 24.0 Å². The highest BCUT2D eigenvalue weighted by Gasteiger charge is 2.15. The molecule has 1 aliphatic rings. The molecule has 1 aromatic heterocycles. The Hall–Kier alpha value is -1.05. The molecule has 0 amide bonds. The normalized spacial score (nSPS) is 15.6. The Morgan fingerprint density at radius 3 is 2.85 bits per heavy atom. The first kappa shape index (κ1) is 17.0. The van der Waals surface area contributed by atoms with E-state index >= 15 is 0 Å². The van der Waals surface area contributed by atoms with Crippen molar-refractivity contribution in [1.82, 2.24) is 15.6 Å². The van der Waals surface area contributed by atoms with Gasteiger partial charge in [-0.3, -0.25) is 4.99 Å². The van der Waals surface area contributed by atoms with Crippen molar-refractivity contribution in [1.29, 1.82) is 0 Å². The fourth-order valence-electron chi connectivity index (χ4n) is 2.38. The lowest BCUT2D eigenvalue weighted by Gasteiger charge is -2.17. The topological polar surface area (TPSA) is 58.5 Å². The zero-order valence-electron chi connectivity index (χ0n) is 12.1. The summed E-state index contributed by atoms with van der Waals surface area (Å²) in [4.78, 5) is 8.44. The average Bonchev–Trinajstić information content (AvgIpc) is 2.96. The summed E-state index contributed by atoms with van der Waals surface area (Å²) >= 11 is 0. The second-order valence-electron chi connectivity index (χ2n) is 4.72. The third-order valence-electron chi connectivity index (χ3n) is 3.41. The van der Waals surface area contributed by atoms with Crippen molar-refractivity contribution in [3.63, 3.8) is 0 Å². The van der Waals surface area contributed by atoms with Gasteiger partial charge in [-0.15, -0.1) is 24.0 Å². The van der Waals surface area contributed by atoms with Gasteiger partial charge in [-0.2, -0.15) is 0 Å². The number of hydrogen-bond acceptors (Lipinski definition) is 3. The van der Waals surface area contributed by atoms with Crippen LogP contribution in [0.4, 0.5) is 0 Å². The summed E-state index contributed by atoms with van der Waals surface area (Å²) < 4.78 is 5.23. The molecule has 1 aliphatic carbocycles. The van der Waals surface area contributed by atoms with Crippen LogP contribution in [0.3, 0.4) is 0 Å². The van der Waals surface area contributed by atoms with Crippen molar-refractivity contribution in [3.05, 3.63) is 23.9 Å². The summed E-state index contributed by atoms with van der Waals surface area (Å²) in [5, 5.41) is 6.76. The number of aromatic nitrogens is 1. The van der Waals surface area contributed by atoms with E-state index in [1.165, 1.54) is 25.7 Å². The molecule has 20 heavy (non-hydrogen) atoms. The van der Waals surface area contributed by atoms with E-state index in [1.807, 2.05) is 12.1 Å². The lowest BCUT2D eigenvalue weighted by Crippen LogP contribution is -2.42. The number of guanidine groups is 1. The average molecular weight is 390 g/mol. The number of nitrogens with one attached hydrogen (secondary N) is 2. The summed E-state index contributed by atoms with van der Waals surface area (Å²) in [5.74, 6) is 1.50. The second-order valence-corrected chi connectivity index (χ2v) is 4.72.